The monoisotopic (exact) mass is 301 g/mol. The molecule has 1 atom stereocenters. The van der Waals surface area contributed by atoms with E-state index < -0.39 is 0 Å². The molecule has 17 heavy (non-hydrogen) atoms. The molecule has 1 aromatic carbocycles. The molecule has 0 saturated carbocycles. The lowest BCUT2D eigenvalue weighted by Gasteiger charge is -2.13. The lowest BCUT2D eigenvalue weighted by atomic mass is 10.2. The van der Waals surface area contributed by atoms with E-state index in [0.29, 0.717) is 6.04 Å². The Morgan fingerprint density at radius 3 is 2.71 bits per heavy atom. The topological polar surface area (TPSA) is 30.5 Å². The Labute approximate surface area is 112 Å². The third-order valence-electron chi connectivity index (χ3n) is 2.63. The lowest BCUT2D eigenvalue weighted by Crippen LogP contribution is -2.26. The zero-order chi connectivity index (χ0) is 12.7. The Morgan fingerprint density at radius 1 is 1.35 bits per heavy atom. The second-order valence-corrected chi connectivity index (χ2v) is 4.89. The molecule has 3 nitrogen and oxygen atoms in total. The van der Waals surface area contributed by atoms with Gasteiger partial charge in [0.25, 0.3) is 0 Å². The van der Waals surface area contributed by atoms with Crippen LogP contribution in [0.4, 0.5) is 0 Å². The summed E-state index contributed by atoms with van der Waals surface area (Å²) in [6.45, 7) is 3.81. The summed E-state index contributed by atoms with van der Waals surface area (Å²) in [6.07, 6.45) is 1.02. The third kappa shape index (κ3) is 5.06. The average Bonchev–Trinajstić information content (AvgIpc) is 2.34. The summed E-state index contributed by atoms with van der Waals surface area (Å²) in [7, 11) is 3.40. The summed E-state index contributed by atoms with van der Waals surface area (Å²) in [4.78, 5) is 0. The first kappa shape index (κ1) is 14.5. The largest absolute Gasteiger partial charge is 0.496 e. The van der Waals surface area contributed by atoms with Gasteiger partial charge in [0.2, 0.25) is 0 Å². The molecule has 96 valence electrons. The van der Waals surface area contributed by atoms with Gasteiger partial charge in [-0.05, 0) is 47.0 Å². The molecule has 0 aliphatic rings. The second-order valence-electron chi connectivity index (χ2n) is 4.03. The Kier molecular flexibility index (Phi) is 6.55. The summed E-state index contributed by atoms with van der Waals surface area (Å²) in [5, 5.41) is 3.46. The molecule has 1 N–H and O–H groups in total. The van der Waals surface area contributed by atoms with Crippen molar-refractivity contribution in [1.29, 1.82) is 0 Å². The van der Waals surface area contributed by atoms with E-state index in [9.17, 15) is 0 Å². The number of nitrogens with one attached hydrogen (secondary N) is 1. The number of ether oxygens (including phenoxy) is 2. The van der Waals surface area contributed by atoms with Crippen LogP contribution in [0.5, 0.6) is 5.75 Å². The van der Waals surface area contributed by atoms with E-state index in [0.717, 1.165) is 29.8 Å². The van der Waals surface area contributed by atoms with Crippen molar-refractivity contribution in [3.63, 3.8) is 0 Å². The van der Waals surface area contributed by atoms with Crippen LogP contribution in [-0.2, 0) is 11.3 Å². The van der Waals surface area contributed by atoms with Crippen LogP contribution in [-0.4, -0.2) is 26.9 Å². The molecule has 0 spiro atoms. The summed E-state index contributed by atoms with van der Waals surface area (Å²) >= 11 is 3.48. The summed E-state index contributed by atoms with van der Waals surface area (Å²) < 4.78 is 11.2. The highest BCUT2D eigenvalue weighted by atomic mass is 79.9. The van der Waals surface area contributed by atoms with E-state index in [1.165, 1.54) is 5.56 Å². The van der Waals surface area contributed by atoms with Crippen LogP contribution in [0.2, 0.25) is 0 Å². The van der Waals surface area contributed by atoms with E-state index >= 15 is 0 Å². The number of benzene rings is 1. The van der Waals surface area contributed by atoms with E-state index in [2.05, 4.69) is 40.3 Å². The molecule has 4 heteroatoms. The first-order chi connectivity index (χ1) is 8.17. The van der Waals surface area contributed by atoms with Crippen LogP contribution in [0.3, 0.4) is 0 Å². The minimum absolute atomic E-state index is 0.454. The molecule has 0 heterocycles. The number of methoxy groups -OCH3 is 2. The van der Waals surface area contributed by atoms with Gasteiger partial charge in [-0.3, -0.25) is 0 Å². The van der Waals surface area contributed by atoms with Crippen LogP contribution in [0, 0.1) is 0 Å². The van der Waals surface area contributed by atoms with Crippen molar-refractivity contribution in [1.82, 2.24) is 5.32 Å². The van der Waals surface area contributed by atoms with E-state index in [4.69, 9.17) is 9.47 Å². The van der Waals surface area contributed by atoms with Crippen LogP contribution >= 0.6 is 15.9 Å². The number of rotatable bonds is 7. The second kappa shape index (κ2) is 7.69. The van der Waals surface area contributed by atoms with Crippen molar-refractivity contribution in [3.8, 4) is 5.75 Å². The molecule has 0 aliphatic carbocycles. The fraction of sp³-hybridized carbons (Fsp3) is 0.538. The van der Waals surface area contributed by atoms with Gasteiger partial charge in [0.05, 0.1) is 11.6 Å². The molecule has 0 saturated heterocycles. The first-order valence-corrected chi connectivity index (χ1v) is 6.51. The summed E-state index contributed by atoms with van der Waals surface area (Å²) in [6, 6.07) is 6.57. The molecule has 0 aliphatic heterocycles. The van der Waals surface area contributed by atoms with Gasteiger partial charge in [-0.25, -0.2) is 0 Å². The number of hydrogen-bond donors (Lipinski definition) is 1. The minimum atomic E-state index is 0.454. The maximum atomic E-state index is 5.19. The molecular weight excluding hydrogens is 282 g/mol. The summed E-state index contributed by atoms with van der Waals surface area (Å²) in [5.41, 5.74) is 1.24. The Balaban J connectivity index is 2.44. The van der Waals surface area contributed by atoms with Crippen molar-refractivity contribution in [2.24, 2.45) is 0 Å². The Bertz CT molecular complexity index is 344. The SMILES string of the molecule is COCCC(C)NCc1ccc(OC)c(Br)c1. The molecule has 0 aromatic heterocycles. The normalized spacial score (nSPS) is 12.5. The maximum absolute atomic E-state index is 5.19. The molecule has 1 aromatic rings. The smallest absolute Gasteiger partial charge is 0.133 e. The van der Waals surface area contributed by atoms with Crippen molar-refractivity contribution < 1.29 is 9.47 Å². The van der Waals surface area contributed by atoms with E-state index in [1.54, 1.807) is 14.2 Å². The fourth-order valence-corrected chi connectivity index (χ4v) is 2.10. The molecule has 1 unspecified atom stereocenters. The standard InChI is InChI=1S/C13H20BrNO2/c1-10(6-7-16-2)15-9-11-4-5-13(17-3)12(14)8-11/h4-5,8,10,15H,6-7,9H2,1-3H3. The van der Waals surface area contributed by atoms with Crippen molar-refractivity contribution in [2.75, 3.05) is 20.8 Å². The minimum Gasteiger partial charge on any atom is -0.496 e. The molecule has 1 rings (SSSR count). The maximum Gasteiger partial charge on any atom is 0.133 e. The molecule has 0 amide bonds. The quantitative estimate of drug-likeness (QED) is 0.840. The molecule has 0 bridgehead atoms. The first-order valence-electron chi connectivity index (χ1n) is 5.72. The van der Waals surface area contributed by atoms with Gasteiger partial charge in [-0.1, -0.05) is 6.07 Å². The van der Waals surface area contributed by atoms with Gasteiger partial charge in [-0.15, -0.1) is 0 Å². The Hall–Kier alpha value is -0.580. The van der Waals surface area contributed by atoms with Crippen molar-refractivity contribution in [2.45, 2.75) is 25.9 Å². The van der Waals surface area contributed by atoms with Crippen molar-refractivity contribution >= 4 is 15.9 Å². The third-order valence-corrected chi connectivity index (χ3v) is 3.25. The van der Waals surface area contributed by atoms with Crippen LogP contribution in [0.25, 0.3) is 0 Å². The highest BCUT2D eigenvalue weighted by molar-refractivity contribution is 9.10. The van der Waals surface area contributed by atoms with Crippen LogP contribution < -0.4 is 10.1 Å². The van der Waals surface area contributed by atoms with Gasteiger partial charge >= 0.3 is 0 Å². The van der Waals surface area contributed by atoms with Crippen LogP contribution in [0.1, 0.15) is 18.9 Å². The predicted octanol–water partition coefficient (Wildman–Crippen LogP) is 2.97. The molecular formula is C13H20BrNO2. The summed E-state index contributed by atoms with van der Waals surface area (Å²) in [5.74, 6) is 0.862. The number of halogens is 1. The highest BCUT2D eigenvalue weighted by Gasteiger charge is 2.04. The zero-order valence-corrected chi connectivity index (χ0v) is 12.2. The van der Waals surface area contributed by atoms with E-state index in [-0.39, 0.29) is 0 Å². The Morgan fingerprint density at radius 2 is 2.12 bits per heavy atom. The zero-order valence-electron chi connectivity index (χ0n) is 10.6. The van der Waals surface area contributed by atoms with Gasteiger partial charge in [0.1, 0.15) is 5.75 Å². The lowest BCUT2D eigenvalue weighted by molar-refractivity contribution is 0.184. The molecule has 0 fully saturated rings. The van der Waals surface area contributed by atoms with Gasteiger partial charge < -0.3 is 14.8 Å². The van der Waals surface area contributed by atoms with Gasteiger partial charge in [-0.2, -0.15) is 0 Å². The van der Waals surface area contributed by atoms with Gasteiger partial charge in [0.15, 0.2) is 0 Å². The van der Waals surface area contributed by atoms with Crippen LogP contribution in [0.15, 0.2) is 22.7 Å². The van der Waals surface area contributed by atoms with E-state index in [1.807, 2.05) is 6.07 Å². The highest BCUT2D eigenvalue weighted by Crippen LogP contribution is 2.25. The predicted molar refractivity (Wildman–Crippen MR) is 73.5 cm³/mol. The van der Waals surface area contributed by atoms with Crippen molar-refractivity contribution in [3.05, 3.63) is 28.2 Å². The fourth-order valence-electron chi connectivity index (χ4n) is 1.51. The van der Waals surface area contributed by atoms with Gasteiger partial charge in [0, 0.05) is 26.3 Å². The number of hydrogen-bond acceptors (Lipinski definition) is 3. The average molecular weight is 302 g/mol. The molecule has 0 radical (unpaired) electrons.